The Morgan fingerprint density at radius 2 is 1.67 bits per heavy atom. The van der Waals surface area contributed by atoms with Crippen LogP contribution in [0.1, 0.15) is 18.1 Å². The first-order valence-electron chi connectivity index (χ1n) is 6.09. The molecule has 0 saturated carbocycles. The van der Waals surface area contributed by atoms with Gasteiger partial charge in [-0.2, -0.15) is 0 Å². The van der Waals surface area contributed by atoms with E-state index in [0.717, 1.165) is 11.3 Å². The molecule has 2 aromatic rings. The van der Waals surface area contributed by atoms with Gasteiger partial charge >= 0.3 is 0 Å². The van der Waals surface area contributed by atoms with Gasteiger partial charge in [0.2, 0.25) is 0 Å². The van der Waals surface area contributed by atoms with Gasteiger partial charge in [-0.3, -0.25) is 0 Å². The van der Waals surface area contributed by atoms with Crippen molar-refractivity contribution >= 4 is 6.08 Å². The molecule has 0 bridgehead atoms. The Labute approximate surface area is 108 Å². The fraction of sp³-hybridized carbons (Fsp3) is 0.118. The molecule has 1 radical (unpaired) electrons. The first-order chi connectivity index (χ1) is 8.79. The summed E-state index contributed by atoms with van der Waals surface area (Å²) >= 11 is 0. The highest BCUT2D eigenvalue weighted by Crippen LogP contribution is 2.38. The van der Waals surface area contributed by atoms with Crippen molar-refractivity contribution in [3.05, 3.63) is 65.6 Å². The summed E-state index contributed by atoms with van der Waals surface area (Å²) in [4.78, 5) is 0. The normalized spacial score (nSPS) is 13.1. The molecular weight excluding hydrogens is 220 g/mol. The van der Waals surface area contributed by atoms with E-state index in [4.69, 9.17) is 4.74 Å². The van der Waals surface area contributed by atoms with E-state index in [1.165, 1.54) is 22.3 Å². The molecule has 1 nitrogen and oxygen atoms in total. The van der Waals surface area contributed by atoms with Crippen LogP contribution in [0.5, 0.6) is 5.75 Å². The molecule has 0 atom stereocenters. The molecule has 0 heterocycles. The fourth-order valence-corrected chi connectivity index (χ4v) is 2.49. The minimum Gasteiger partial charge on any atom is -0.496 e. The molecule has 1 aliphatic carbocycles. The fourth-order valence-electron chi connectivity index (χ4n) is 2.49. The highest BCUT2D eigenvalue weighted by molar-refractivity contribution is 5.85. The molecule has 1 heteroatoms. The first kappa shape index (κ1) is 11.1. The number of hydrogen-bond donors (Lipinski definition) is 0. The lowest BCUT2D eigenvalue weighted by Gasteiger charge is -2.11. The largest absolute Gasteiger partial charge is 0.496 e. The van der Waals surface area contributed by atoms with Gasteiger partial charge in [-0.15, -0.1) is 0 Å². The summed E-state index contributed by atoms with van der Waals surface area (Å²) in [5, 5.41) is 0. The van der Waals surface area contributed by atoms with Crippen LogP contribution in [0.15, 0.2) is 48.0 Å². The van der Waals surface area contributed by atoms with Crippen LogP contribution in [0, 0.1) is 6.42 Å². The maximum Gasteiger partial charge on any atom is 0.126 e. The van der Waals surface area contributed by atoms with E-state index in [-0.39, 0.29) is 0 Å². The van der Waals surface area contributed by atoms with Gasteiger partial charge < -0.3 is 4.74 Å². The number of fused-ring (bicyclic) bond motifs is 1. The van der Waals surface area contributed by atoms with Crippen molar-refractivity contribution in [3.8, 4) is 16.9 Å². The molecule has 0 fully saturated rings. The van der Waals surface area contributed by atoms with Crippen molar-refractivity contribution in [2.24, 2.45) is 0 Å². The number of allylic oxidation sites excluding steroid dienone is 1. The molecule has 2 aromatic carbocycles. The van der Waals surface area contributed by atoms with Gasteiger partial charge in [0.25, 0.3) is 0 Å². The molecule has 0 saturated heterocycles. The van der Waals surface area contributed by atoms with Crippen LogP contribution in [0.25, 0.3) is 17.2 Å². The van der Waals surface area contributed by atoms with Crippen LogP contribution in [0.4, 0.5) is 0 Å². The number of para-hydroxylation sites is 1. The quantitative estimate of drug-likeness (QED) is 0.752. The van der Waals surface area contributed by atoms with Gasteiger partial charge in [-0.25, -0.2) is 0 Å². The third-order valence-corrected chi connectivity index (χ3v) is 3.29. The van der Waals surface area contributed by atoms with Crippen molar-refractivity contribution in [1.29, 1.82) is 0 Å². The van der Waals surface area contributed by atoms with Gasteiger partial charge in [0.15, 0.2) is 0 Å². The second-order valence-electron chi connectivity index (χ2n) is 4.54. The lowest BCUT2D eigenvalue weighted by Crippen LogP contribution is -1.90. The lowest BCUT2D eigenvalue weighted by molar-refractivity contribution is 0.416. The monoisotopic (exact) mass is 235 g/mol. The van der Waals surface area contributed by atoms with Gasteiger partial charge in [-0.05, 0) is 29.7 Å². The van der Waals surface area contributed by atoms with Gasteiger partial charge in [0, 0.05) is 12.0 Å². The second-order valence-corrected chi connectivity index (χ2v) is 4.54. The zero-order chi connectivity index (χ0) is 12.5. The number of rotatable bonds is 2. The Hall–Kier alpha value is -2.02. The van der Waals surface area contributed by atoms with E-state index in [0.29, 0.717) is 0 Å². The average molecular weight is 235 g/mol. The highest BCUT2D eigenvalue weighted by atomic mass is 16.5. The molecule has 1 aliphatic rings. The molecule has 89 valence electrons. The Kier molecular flexibility index (Phi) is 2.67. The van der Waals surface area contributed by atoms with Crippen molar-refractivity contribution in [1.82, 2.24) is 0 Å². The van der Waals surface area contributed by atoms with Crippen LogP contribution >= 0.6 is 0 Å². The lowest BCUT2D eigenvalue weighted by atomic mass is 9.96. The van der Waals surface area contributed by atoms with Crippen molar-refractivity contribution in [3.63, 3.8) is 0 Å². The molecule has 0 spiro atoms. The van der Waals surface area contributed by atoms with E-state index < -0.39 is 0 Å². The van der Waals surface area contributed by atoms with E-state index in [2.05, 4.69) is 43.7 Å². The zero-order valence-electron chi connectivity index (χ0n) is 10.6. The minimum atomic E-state index is 0.920. The predicted molar refractivity (Wildman–Crippen MR) is 75.5 cm³/mol. The summed E-state index contributed by atoms with van der Waals surface area (Å²) in [6.45, 7) is 2.13. The van der Waals surface area contributed by atoms with Gasteiger partial charge in [-0.1, -0.05) is 48.0 Å². The Balaban J connectivity index is 2.22. The Morgan fingerprint density at radius 1 is 0.889 bits per heavy atom. The van der Waals surface area contributed by atoms with E-state index in [9.17, 15) is 0 Å². The van der Waals surface area contributed by atoms with Crippen LogP contribution in [0.3, 0.4) is 0 Å². The van der Waals surface area contributed by atoms with Gasteiger partial charge in [0.05, 0.1) is 7.11 Å². The molecule has 0 aromatic heterocycles. The Bertz CT molecular complexity index is 623. The molecule has 0 unspecified atom stereocenters. The van der Waals surface area contributed by atoms with Crippen LogP contribution < -0.4 is 4.74 Å². The number of ether oxygens (including phenoxy) is 1. The molecule has 0 N–H and O–H groups in total. The highest BCUT2D eigenvalue weighted by Gasteiger charge is 2.16. The van der Waals surface area contributed by atoms with Crippen LogP contribution in [-0.2, 0) is 0 Å². The third kappa shape index (κ3) is 1.72. The summed E-state index contributed by atoms with van der Waals surface area (Å²) in [7, 11) is 1.72. The van der Waals surface area contributed by atoms with Crippen molar-refractivity contribution < 1.29 is 4.74 Å². The summed E-state index contributed by atoms with van der Waals surface area (Å²) in [5.41, 5.74) is 6.26. The predicted octanol–water partition coefficient (Wildman–Crippen LogP) is 4.33. The topological polar surface area (TPSA) is 9.23 Å². The average Bonchev–Trinajstić information content (AvgIpc) is 2.78. The summed E-state index contributed by atoms with van der Waals surface area (Å²) in [6.07, 6.45) is 4.45. The standard InChI is InChI=1S/C17H15O/c1-12-10-13-6-5-8-14(16(13)11-12)15-7-3-4-9-17(15)18-2/h3-11H,1-2H3. The summed E-state index contributed by atoms with van der Waals surface area (Å²) in [5.74, 6) is 0.920. The number of methoxy groups -OCH3 is 1. The Morgan fingerprint density at radius 3 is 2.50 bits per heavy atom. The zero-order valence-corrected chi connectivity index (χ0v) is 10.6. The maximum atomic E-state index is 5.46. The smallest absolute Gasteiger partial charge is 0.126 e. The molecule has 18 heavy (non-hydrogen) atoms. The van der Waals surface area contributed by atoms with Crippen LogP contribution in [0.2, 0.25) is 0 Å². The SMILES string of the molecule is COc1ccccc1-c1cccc2c1C=C(C)[CH]2. The maximum absolute atomic E-state index is 5.46. The number of benzene rings is 2. The van der Waals surface area contributed by atoms with E-state index in [1.54, 1.807) is 7.11 Å². The van der Waals surface area contributed by atoms with Crippen molar-refractivity contribution in [2.45, 2.75) is 6.92 Å². The first-order valence-corrected chi connectivity index (χ1v) is 6.09. The van der Waals surface area contributed by atoms with E-state index in [1.807, 2.05) is 18.2 Å². The minimum absolute atomic E-state index is 0.920. The van der Waals surface area contributed by atoms with Gasteiger partial charge in [0.1, 0.15) is 5.75 Å². The van der Waals surface area contributed by atoms with Crippen molar-refractivity contribution in [2.75, 3.05) is 7.11 Å². The number of hydrogen-bond acceptors (Lipinski definition) is 1. The summed E-state index contributed by atoms with van der Waals surface area (Å²) in [6, 6.07) is 14.6. The molecule has 3 rings (SSSR count). The van der Waals surface area contributed by atoms with E-state index >= 15 is 0 Å². The molecular formula is C17H15O. The summed E-state index contributed by atoms with van der Waals surface area (Å²) < 4.78 is 5.46. The molecule has 0 amide bonds. The van der Waals surface area contributed by atoms with Crippen LogP contribution in [-0.4, -0.2) is 7.11 Å². The second kappa shape index (κ2) is 4.34. The molecule has 0 aliphatic heterocycles. The third-order valence-electron chi connectivity index (χ3n) is 3.29.